The third-order valence-electron chi connectivity index (χ3n) is 3.81. The van der Waals surface area contributed by atoms with E-state index in [0.717, 1.165) is 25.4 Å². The Morgan fingerprint density at radius 1 is 1.33 bits per heavy atom. The Hall–Kier alpha value is -1.69. The fraction of sp³-hybridized carbons (Fsp3) is 0.438. The summed E-state index contributed by atoms with van der Waals surface area (Å²) in [6.07, 6.45) is 3.39. The summed E-state index contributed by atoms with van der Waals surface area (Å²) in [5.41, 5.74) is 1.04. The highest BCUT2D eigenvalue weighted by Gasteiger charge is 2.27. The van der Waals surface area contributed by atoms with Gasteiger partial charge in [0.05, 0.1) is 25.2 Å². The van der Waals surface area contributed by atoms with Crippen LogP contribution in [0.15, 0.2) is 47.2 Å². The van der Waals surface area contributed by atoms with Crippen molar-refractivity contribution in [2.24, 2.45) is 0 Å². The van der Waals surface area contributed by atoms with Gasteiger partial charge in [-0.3, -0.25) is 9.88 Å². The molecule has 21 heavy (non-hydrogen) atoms. The average molecular weight is 288 g/mol. The largest absolute Gasteiger partial charge is 0.467 e. The van der Waals surface area contributed by atoms with Crippen LogP contribution in [0.25, 0.3) is 0 Å². The van der Waals surface area contributed by atoms with E-state index in [9.17, 15) is 5.11 Å². The van der Waals surface area contributed by atoms with Crippen molar-refractivity contribution >= 4 is 0 Å². The minimum Gasteiger partial charge on any atom is -0.467 e. The molecule has 3 rings (SSSR count). The van der Waals surface area contributed by atoms with E-state index in [4.69, 9.17) is 9.15 Å². The molecule has 1 N–H and O–H groups in total. The summed E-state index contributed by atoms with van der Waals surface area (Å²) in [5.74, 6) is 0.610. The van der Waals surface area contributed by atoms with Crippen molar-refractivity contribution < 1.29 is 14.3 Å². The van der Waals surface area contributed by atoms with Crippen LogP contribution in [0.5, 0.6) is 0 Å². The molecule has 2 atom stereocenters. The summed E-state index contributed by atoms with van der Waals surface area (Å²) in [6.45, 7) is 2.98. The van der Waals surface area contributed by atoms with Gasteiger partial charge in [0.1, 0.15) is 11.9 Å². The van der Waals surface area contributed by atoms with Gasteiger partial charge in [-0.25, -0.2) is 0 Å². The molecule has 0 saturated carbocycles. The van der Waals surface area contributed by atoms with Gasteiger partial charge in [0.2, 0.25) is 0 Å². The van der Waals surface area contributed by atoms with Gasteiger partial charge in [-0.05, 0) is 30.7 Å². The van der Waals surface area contributed by atoms with Crippen molar-refractivity contribution in [2.45, 2.75) is 25.1 Å². The highest BCUT2D eigenvalue weighted by Crippen LogP contribution is 2.23. The second-order valence-electron chi connectivity index (χ2n) is 5.29. The number of pyridine rings is 1. The second-order valence-corrected chi connectivity index (χ2v) is 5.29. The number of hydrogen-bond acceptors (Lipinski definition) is 5. The summed E-state index contributed by atoms with van der Waals surface area (Å²) in [5, 5.41) is 10.3. The topological polar surface area (TPSA) is 58.7 Å². The van der Waals surface area contributed by atoms with E-state index in [-0.39, 0.29) is 6.04 Å². The monoisotopic (exact) mass is 288 g/mol. The number of hydrogen-bond donors (Lipinski definition) is 1. The third-order valence-corrected chi connectivity index (χ3v) is 3.81. The second kappa shape index (κ2) is 6.85. The molecule has 1 saturated heterocycles. The van der Waals surface area contributed by atoms with Gasteiger partial charge >= 0.3 is 0 Å². The molecule has 0 spiro atoms. The molecule has 0 aliphatic carbocycles. The molecule has 2 unspecified atom stereocenters. The van der Waals surface area contributed by atoms with Crippen LogP contribution < -0.4 is 0 Å². The van der Waals surface area contributed by atoms with E-state index in [1.165, 1.54) is 0 Å². The molecular formula is C16H20N2O3. The van der Waals surface area contributed by atoms with Gasteiger partial charge in [0.15, 0.2) is 0 Å². The van der Waals surface area contributed by atoms with E-state index in [0.29, 0.717) is 18.8 Å². The van der Waals surface area contributed by atoms with Crippen LogP contribution in [0.4, 0.5) is 0 Å². The molecule has 112 valence electrons. The first kappa shape index (κ1) is 14.3. The standard InChI is InChI=1S/C16H20N2O3/c19-15(16-5-3-8-21-16)10-14-12-20-9-7-18(14)11-13-4-1-2-6-17-13/h1-6,8,14-15,19H,7,9-12H2. The van der Waals surface area contributed by atoms with Crippen LogP contribution in [-0.2, 0) is 11.3 Å². The molecule has 0 aromatic carbocycles. The molecular weight excluding hydrogens is 268 g/mol. The zero-order valence-corrected chi connectivity index (χ0v) is 11.9. The minimum absolute atomic E-state index is 0.167. The van der Waals surface area contributed by atoms with E-state index in [1.807, 2.05) is 24.4 Å². The number of aromatic nitrogens is 1. The summed E-state index contributed by atoms with van der Waals surface area (Å²) in [6, 6.07) is 9.70. The lowest BCUT2D eigenvalue weighted by Crippen LogP contribution is -2.45. The van der Waals surface area contributed by atoms with Crippen LogP contribution in [0.3, 0.4) is 0 Å². The Kier molecular flexibility index (Phi) is 4.65. The maximum absolute atomic E-state index is 10.3. The maximum atomic E-state index is 10.3. The highest BCUT2D eigenvalue weighted by atomic mass is 16.5. The van der Waals surface area contributed by atoms with Crippen LogP contribution in [0.2, 0.25) is 0 Å². The predicted molar refractivity (Wildman–Crippen MR) is 77.5 cm³/mol. The summed E-state index contributed by atoms with van der Waals surface area (Å²) >= 11 is 0. The van der Waals surface area contributed by atoms with Crippen molar-refractivity contribution in [1.29, 1.82) is 0 Å². The van der Waals surface area contributed by atoms with Gasteiger partial charge < -0.3 is 14.3 Å². The Labute approximate surface area is 124 Å². The molecule has 5 nitrogen and oxygen atoms in total. The molecule has 3 heterocycles. The Morgan fingerprint density at radius 3 is 3.05 bits per heavy atom. The minimum atomic E-state index is -0.599. The lowest BCUT2D eigenvalue weighted by Gasteiger charge is -2.36. The van der Waals surface area contributed by atoms with Crippen LogP contribution in [0, 0.1) is 0 Å². The summed E-state index contributed by atoms with van der Waals surface area (Å²) in [4.78, 5) is 6.69. The fourth-order valence-corrected chi connectivity index (χ4v) is 2.67. The number of morpholine rings is 1. The Balaban J connectivity index is 1.64. The predicted octanol–water partition coefficient (Wildman–Crippen LogP) is 2.00. The summed E-state index contributed by atoms with van der Waals surface area (Å²) < 4.78 is 10.8. The van der Waals surface area contributed by atoms with Gasteiger partial charge in [0.25, 0.3) is 0 Å². The smallest absolute Gasteiger partial charge is 0.132 e. The fourth-order valence-electron chi connectivity index (χ4n) is 2.67. The SMILES string of the molecule is OC(CC1COCCN1Cc1ccccn1)c1ccco1. The normalized spacial score (nSPS) is 21.3. The number of furan rings is 1. The first-order valence-corrected chi connectivity index (χ1v) is 7.26. The zero-order chi connectivity index (χ0) is 14.5. The third kappa shape index (κ3) is 3.69. The zero-order valence-electron chi connectivity index (χ0n) is 11.9. The quantitative estimate of drug-likeness (QED) is 0.912. The number of aliphatic hydroxyl groups is 1. The molecule has 5 heteroatoms. The van der Waals surface area contributed by atoms with Gasteiger partial charge in [-0.1, -0.05) is 6.07 Å². The van der Waals surface area contributed by atoms with Gasteiger partial charge in [0, 0.05) is 25.3 Å². The lowest BCUT2D eigenvalue weighted by atomic mass is 10.1. The highest BCUT2D eigenvalue weighted by molar-refractivity contribution is 5.05. The number of rotatable bonds is 5. The van der Waals surface area contributed by atoms with E-state index in [2.05, 4.69) is 9.88 Å². The number of aliphatic hydroxyl groups excluding tert-OH is 1. The van der Waals surface area contributed by atoms with Crippen molar-refractivity contribution in [2.75, 3.05) is 19.8 Å². The van der Waals surface area contributed by atoms with Crippen molar-refractivity contribution in [3.8, 4) is 0 Å². The molecule has 1 fully saturated rings. The van der Waals surface area contributed by atoms with E-state index in [1.54, 1.807) is 18.4 Å². The first-order chi connectivity index (χ1) is 10.3. The molecule has 2 aromatic rings. The number of ether oxygens (including phenoxy) is 1. The molecule has 1 aliphatic heterocycles. The van der Waals surface area contributed by atoms with Crippen molar-refractivity contribution in [1.82, 2.24) is 9.88 Å². The number of nitrogens with zero attached hydrogens (tertiary/aromatic N) is 2. The molecule has 1 aliphatic rings. The molecule has 0 radical (unpaired) electrons. The van der Waals surface area contributed by atoms with Crippen molar-refractivity contribution in [3.63, 3.8) is 0 Å². The maximum Gasteiger partial charge on any atom is 0.132 e. The lowest BCUT2D eigenvalue weighted by molar-refractivity contribution is -0.0327. The van der Waals surface area contributed by atoms with Gasteiger partial charge in [-0.2, -0.15) is 0 Å². The van der Waals surface area contributed by atoms with Crippen LogP contribution in [-0.4, -0.2) is 40.8 Å². The Bertz CT molecular complexity index is 530. The molecule has 2 aromatic heterocycles. The van der Waals surface area contributed by atoms with Gasteiger partial charge in [-0.15, -0.1) is 0 Å². The van der Waals surface area contributed by atoms with Crippen LogP contribution >= 0.6 is 0 Å². The molecule has 0 amide bonds. The summed E-state index contributed by atoms with van der Waals surface area (Å²) in [7, 11) is 0. The van der Waals surface area contributed by atoms with Crippen molar-refractivity contribution in [3.05, 3.63) is 54.2 Å². The first-order valence-electron chi connectivity index (χ1n) is 7.26. The van der Waals surface area contributed by atoms with E-state index < -0.39 is 6.10 Å². The Morgan fingerprint density at radius 2 is 2.29 bits per heavy atom. The van der Waals surface area contributed by atoms with E-state index >= 15 is 0 Å². The average Bonchev–Trinajstić information content (AvgIpc) is 3.05. The van der Waals surface area contributed by atoms with Crippen LogP contribution in [0.1, 0.15) is 24.0 Å². The molecule has 0 bridgehead atoms.